The highest BCUT2D eigenvalue weighted by Gasteiger charge is 2.24. The first-order valence-corrected chi connectivity index (χ1v) is 11.0. The Bertz CT molecular complexity index is 1110. The quantitative estimate of drug-likeness (QED) is 0.413. The van der Waals surface area contributed by atoms with E-state index in [1.807, 2.05) is 0 Å². The van der Waals surface area contributed by atoms with E-state index in [4.69, 9.17) is 32.7 Å². The van der Waals surface area contributed by atoms with Crippen molar-refractivity contribution in [3.05, 3.63) is 58.1 Å². The maximum absolute atomic E-state index is 12.4. The number of methoxy groups -OCH3 is 1. The zero-order valence-corrected chi connectivity index (χ0v) is 19.3. The number of carbonyl (C=O) groups is 3. The van der Waals surface area contributed by atoms with Crippen LogP contribution in [-0.2, 0) is 24.3 Å². The number of rotatable bonds is 8. The van der Waals surface area contributed by atoms with Gasteiger partial charge in [-0.2, -0.15) is 4.31 Å². The molecular formula is C19H19Cl2N3O7S. The zero-order chi connectivity index (χ0) is 23.9. The van der Waals surface area contributed by atoms with Gasteiger partial charge in [0.1, 0.15) is 12.3 Å². The van der Waals surface area contributed by atoms with Crippen molar-refractivity contribution in [3.63, 3.8) is 0 Å². The number of hydrogen-bond donors (Lipinski definition) is 2. The average Bonchev–Trinajstić information content (AvgIpc) is 2.76. The maximum Gasteiger partial charge on any atom is 0.321 e. The van der Waals surface area contributed by atoms with Crippen LogP contribution in [0.4, 0.5) is 0 Å². The van der Waals surface area contributed by atoms with E-state index in [0.29, 0.717) is 5.02 Å². The minimum absolute atomic E-state index is 0.0610. The fraction of sp³-hybridized carbons (Fsp3) is 0.211. The van der Waals surface area contributed by atoms with E-state index in [1.54, 1.807) is 0 Å². The van der Waals surface area contributed by atoms with E-state index < -0.39 is 41.0 Å². The first-order valence-electron chi connectivity index (χ1n) is 8.85. The molecule has 2 aromatic rings. The van der Waals surface area contributed by atoms with Crippen molar-refractivity contribution in [2.75, 3.05) is 27.3 Å². The van der Waals surface area contributed by atoms with Crippen LogP contribution in [0.5, 0.6) is 5.75 Å². The lowest BCUT2D eigenvalue weighted by atomic mass is 10.2. The van der Waals surface area contributed by atoms with Crippen LogP contribution in [-0.4, -0.2) is 57.8 Å². The number of ether oxygens (including phenoxy) is 2. The van der Waals surface area contributed by atoms with Gasteiger partial charge in [0.25, 0.3) is 11.8 Å². The van der Waals surface area contributed by atoms with E-state index >= 15 is 0 Å². The lowest BCUT2D eigenvalue weighted by molar-refractivity contribution is -0.148. The number of hydrazine groups is 1. The third-order valence-electron chi connectivity index (χ3n) is 3.96. The van der Waals surface area contributed by atoms with E-state index in [0.717, 1.165) is 4.31 Å². The van der Waals surface area contributed by atoms with Crippen LogP contribution in [0.1, 0.15) is 10.4 Å². The molecule has 13 heteroatoms. The van der Waals surface area contributed by atoms with Crippen molar-refractivity contribution in [1.29, 1.82) is 0 Å². The highest BCUT2D eigenvalue weighted by atomic mass is 35.5. The lowest BCUT2D eigenvalue weighted by Gasteiger charge is -2.16. The third kappa shape index (κ3) is 6.82. The SMILES string of the molecule is COc1ccc(Cl)cc1C(=O)NNC(=O)COC(=O)CN(C)S(=O)(=O)c1ccc(Cl)cc1. The Morgan fingerprint density at radius 3 is 2.25 bits per heavy atom. The molecule has 10 nitrogen and oxygen atoms in total. The van der Waals surface area contributed by atoms with Gasteiger partial charge in [-0.25, -0.2) is 8.42 Å². The van der Waals surface area contributed by atoms with Crippen LogP contribution in [0.3, 0.4) is 0 Å². The van der Waals surface area contributed by atoms with E-state index in [9.17, 15) is 22.8 Å². The van der Waals surface area contributed by atoms with Crippen LogP contribution in [0.2, 0.25) is 10.0 Å². The second-order valence-corrected chi connectivity index (χ2v) is 9.14. The number of nitrogens with zero attached hydrogens (tertiary/aromatic N) is 1. The zero-order valence-electron chi connectivity index (χ0n) is 16.9. The molecule has 0 spiro atoms. The van der Waals surface area contributed by atoms with Crippen molar-refractivity contribution in [2.24, 2.45) is 0 Å². The predicted octanol–water partition coefficient (Wildman–Crippen LogP) is 1.63. The van der Waals surface area contributed by atoms with Crippen molar-refractivity contribution < 1.29 is 32.3 Å². The molecule has 0 bridgehead atoms. The summed E-state index contributed by atoms with van der Waals surface area (Å²) in [6, 6.07) is 9.75. The Morgan fingerprint density at radius 2 is 1.62 bits per heavy atom. The van der Waals surface area contributed by atoms with E-state index in [2.05, 4.69) is 10.9 Å². The molecular weight excluding hydrogens is 485 g/mol. The molecule has 0 heterocycles. The number of sulfonamides is 1. The normalized spacial score (nSPS) is 11.0. The summed E-state index contributed by atoms with van der Waals surface area (Å²) < 4.78 is 35.4. The molecule has 172 valence electrons. The molecule has 2 rings (SSSR count). The van der Waals surface area contributed by atoms with Gasteiger partial charge in [-0.05, 0) is 42.5 Å². The van der Waals surface area contributed by atoms with Gasteiger partial charge >= 0.3 is 5.97 Å². The van der Waals surface area contributed by atoms with Gasteiger partial charge < -0.3 is 9.47 Å². The van der Waals surface area contributed by atoms with Crippen LogP contribution in [0, 0.1) is 0 Å². The molecule has 2 N–H and O–H groups in total. The summed E-state index contributed by atoms with van der Waals surface area (Å²) in [7, 11) is -1.41. The molecule has 0 fully saturated rings. The highest BCUT2D eigenvalue weighted by Crippen LogP contribution is 2.22. The van der Waals surface area contributed by atoms with Gasteiger partial charge in [0, 0.05) is 17.1 Å². The number of halogens is 2. The van der Waals surface area contributed by atoms with Gasteiger partial charge in [0.2, 0.25) is 10.0 Å². The van der Waals surface area contributed by atoms with Crippen LogP contribution >= 0.6 is 23.2 Å². The lowest BCUT2D eigenvalue weighted by Crippen LogP contribution is -2.44. The van der Waals surface area contributed by atoms with Crippen LogP contribution in [0.15, 0.2) is 47.4 Å². The molecule has 32 heavy (non-hydrogen) atoms. The summed E-state index contributed by atoms with van der Waals surface area (Å²) in [4.78, 5) is 35.9. The maximum atomic E-state index is 12.4. The number of carbonyl (C=O) groups excluding carboxylic acids is 3. The number of benzene rings is 2. The molecule has 2 amide bonds. The molecule has 0 aromatic heterocycles. The average molecular weight is 504 g/mol. The predicted molar refractivity (Wildman–Crippen MR) is 116 cm³/mol. The first-order chi connectivity index (χ1) is 15.0. The van der Waals surface area contributed by atoms with Crippen LogP contribution in [0.25, 0.3) is 0 Å². The molecule has 0 atom stereocenters. The number of esters is 1. The Hall–Kier alpha value is -2.86. The highest BCUT2D eigenvalue weighted by molar-refractivity contribution is 7.89. The Morgan fingerprint density at radius 1 is 1.00 bits per heavy atom. The summed E-state index contributed by atoms with van der Waals surface area (Å²) in [6.45, 7) is -1.38. The largest absolute Gasteiger partial charge is 0.496 e. The topological polar surface area (TPSA) is 131 Å². The molecule has 0 aliphatic carbocycles. The standard InChI is InChI=1S/C19H19Cl2N3O7S/c1-24(32(28,29)14-6-3-12(20)4-7-14)10-18(26)31-11-17(25)22-23-19(27)15-9-13(21)5-8-16(15)30-2/h3-9H,10-11H2,1-2H3,(H,22,25)(H,23,27). The Balaban J connectivity index is 1.84. The Labute approximate surface area is 194 Å². The third-order valence-corrected chi connectivity index (χ3v) is 6.26. The molecule has 0 saturated carbocycles. The number of hydrogen-bond acceptors (Lipinski definition) is 7. The van der Waals surface area contributed by atoms with Crippen molar-refractivity contribution in [2.45, 2.75) is 4.90 Å². The van der Waals surface area contributed by atoms with Gasteiger partial charge in [-0.3, -0.25) is 25.2 Å². The van der Waals surface area contributed by atoms with Crippen LogP contribution < -0.4 is 15.6 Å². The minimum Gasteiger partial charge on any atom is -0.496 e. The van der Waals surface area contributed by atoms with E-state index in [-0.39, 0.29) is 21.2 Å². The first kappa shape index (κ1) is 25.4. The van der Waals surface area contributed by atoms with Gasteiger partial charge in [0.15, 0.2) is 6.61 Å². The second kappa shape index (κ2) is 11.1. The van der Waals surface area contributed by atoms with Crippen molar-refractivity contribution in [1.82, 2.24) is 15.2 Å². The monoisotopic (exact) mass is 503 g/mol. The van der Waals surface area contributed by atoms with Gasteiger partial charge in [0.05, 0.1) is 17.6 Å². The van der Waals surface area contributed by atoms with E-state index in [1.165, 1.54) is 56.6 Å². The van der Waals surface area contributed by atoms with Crippen molar-refractivity contribution >= 4 is 51.0 Å². The molecule has 0 radical (unpaired) electrons. The molecule has 0 unspecified atom stereocenters. The summed E-state index contributed by atoms with van der Waals surface area (Å²) in [5.74, 6) is -2.30. The summed E-state index contributed by atoms with van der Waals surface area (Å²) in [6.07, 6.45) is 0. The van der Waals surface area contributed by atoms with Gasteiger partial charge in [-0.15, -0.1) is 0 Å². The number of nitrogens with one attached hydrogen (secondary N) is 2. The molecule has 0 aliphatic heterocycles. The van der Waals surface area contributed by atoms with Gasteiger partial charge in [-0.1, -0.05) is 23.2 Å². The van der Waals surface area contributed by atoms with Crippen molar-refractivity contribution in [3.8, 4) is 5.75 Å². The fourth-order valence-electron chi connectivity index (χ4n) is 2.33. The molecule has 0 saturated heterocycles. The smallest absolute Gasteiger partial charge is 0.321 e. The molecule has 2 aromatic carbocycles. The summed E-state index contributed by atoms with van der Waals surface area (Å²) in [5, 5.41) is 0.645. The summed E-state index contributed by atoms with van der Waals surface area (Å²) >= 11 is 11.6. The molecule has 0 aliphatic rings. The minimum atomic E-state index is -3.96. The summed E-state index contributed by atoms with van der Waals surface area (Å²) in [5.41, 5.74) is 4.27. The second-order valence-electron chi connectivity index (χ2n) is 6.22. The number of likely N-dealkylation sites (N-methyl/N-ethyl adjacent to an activating group) is 1. The number of amides is 2. The Kier molecular flexibility index (Phi) is 8.84. The fourth-order valence-corrected chi connectivity index (χ4v) is 3.75.